The lowest BCUT2D eigenvalue weighted by Crippen LogP contribution is -2.30. The fourth-order valence-corrected chi connectivity index (χ4v) is 8.86. The van der Waals surface area contributed by atoms with E-state index in [1.807, 2.05) is 0 Å². The van der Waals surface area contributed by atoms with Gasteiger partial charge in [-0.05, 0) is 103 Å². The molecule has 0 aliphatic rings. The Balaban J connectivity index is 4.35. The first-order valence-electron chi connectivity index (χ1n) is 30.8. The van der Waals surface area contributed by atoms with Crippen LogP contribution in [0.5, 0.6) is 0 Å². The minimum absolute atomic E-state index is 0.0814. The third-order valence-electron chi connectivity index (χ3n) is 13.5. The summed E-state index contributed by atoms with van der Waals surface area (Å²) < 4.78 is 16.9. The first-order valence-corrected chi connectivity index (χ1v) is 30.8. The first kappa shape index (κ1) is 68.1. The second kappa shape index (κ2) is 59.7. The van der Waals surface area contributed by atoms with Crippen LogP contribution in [0, 0.1) is 0 Å². The molecule has 0 bridgehead atoms. The molecule has 0 unspecified atom stereocenters. The van der Waals surface area contributed by atoms with Gasteiger partial charge in [0.15, 0.2) is 6.10 Å². The van der Waals surface area contributed by atoms with E-state index in [0.29, 0.717) is 19.3 Å². The van der Waals surface area contributed by atoms with Crippen LogP contribution in [0.15, 0.2) is 60.8 Å². The zero-order chi connectivity index (χ0) is 51.4. The monoisotopic (exact) mass is 993 g/mol. The van der Waals surface area contributed by atoms with Crippen LogP contribution in [0.1, 0.15) is 316 Å². The highest BCUT2D eigenvalue weighted by Crippen LogP contribution is 2.16. The number of allylic oxidation sites excluding steroid dienone is 10. The molecule has 0 aromatic heterocycles. The summed E-state index contributed by atoms with van der Waals surface area (Å²) in [6, 6.07) is 0. The Bertz CT molecular complexity index is 1280. The Labute approximate surface area is 440 Å². The van der Waals surface area contributed by atoms with Crippen LogP contribution in [0.4, 0.5) is 0 Å². The van der Waals surface area contributed by atoms with Gasteiger partial charge in [-0.15, -0.1) is 0 Å². The van der Waals surface area contributed by atoms with Gasteiger partial charge in [-0.25, -0.2) is 0 Å². The molecule has 0 aliphatic carbocycles. The average molecular weight is 994 g/mol. The molecule has 0 fully saturated rings. The molecule has 0 radical (unpaired) electrons. The Morgan fingerprint density at radius 3 is 0.873 bits per heavy atom. The van der Waals surface area contributed by atoms with Gasteiger partial charge in [0, 0.05) is 19.3 Å². The highest BCUT2D eigenvalue weighted by Gasteiger charge is 2.19. The highest BCUT2D eigenvalue weighted by atomic mass is 16.6. The normalized spacial score (nSPS) is 12.4. The fourth-order valence-electron chi connectivity index (χ4n) is 8.86. The molecule has 0 aromatic rings. The Kier molecular flexibility index (Phi) is 57.2. The summed E-state index contributed by atoms with van der Waals surface area (Å²) in [4.78, 5) is 38.2. The molecule has 6 heteroatoms. The number of rotatable bonds is 56. The van der Waals surface area contributed by atoms with Crippen LogP contribution < -0.4 is 0 Å². The van der Waals surface area contributed by atoms with Gasteiger partial charge >= 0.3 is 17.9 Å². The number of hydrogen-bond acceptors (Lipinski definition) is 6. The second-order valence-corrected chi connectivity index (χ2v) is 20.6. The summed E-state index contributed by atoms with van der Waals surface area (Å²) in [5.74, 6) is -0.889. The topological polar surface area (TPSA) is 78.9 Å². The molecule has 0 aromatic carbocycles. The van der Waals surface area contributed by atoms with Crippen molar-refractivity contribution in [3.8, 4) is 0 Å². The van der Waals surface area contributed by atoms with Gasteiger partial charge in [-0.2, -0.15) is 0 Å². The minimum Gasteiger partial charge on any atom is -0.462 e. The molecule has 0 spiro atoms. The summed E-state index contributed by atoms with van der Waals surface area (Å²) in [6.45, 7) is 6.54. The van der Waals surface area contributed by atoms with Crippen molar-refractivity contribution in [3.63, 3.8) is 0 Å². The maximum absolute atomic E-state index is 12.9. The molecule has 1 atom stereocenters. The number of unbranched alkanes of at least 4 members (excludes halogenated alkanes) is 35. The van der Waals surface area contributed by atoms with Crippen LogP contribution in [-0.4, -0.2) is 37.2 Å². The molecule has 0 saturated carbocycles. The maximum atomic E-state index is 12.9. The van der Waals surface area contributed by atoms with Gasteiger partial charge in [0.25, 0.3) is 0 Å². The number of carbonyl (C=O) groups excluding carboxylic acids is 3. The van der Waals surface area contributed by atoms with Gasteiger partial charge < -0.3 is 14.2 Å². The smallest absolute Gasteiger partial charge is 0.306 e. The molecule has 71 heavy (non-hydrogen) atoms. The van der Waals surface area contributed by atoms with E-state index in [4.69, 9.17) is 14.2 Å². The van der Waals surface area contributed by atoms with Crippen molar-refractivity contribution in [3.05, 3.63) is 60.8 Å². The van der Waals surface area contributed by atoms with Crippen molar-refractivity contribution >= 4 is 17.9 Å². The lowest BCUT2D eigenvalue weighted by Gasteiger charge is -2.18. The Morgan fingerprint density at radius 2 is 0.549 bits per heavy atom. The van der Waals surface area contributed by atoms with E-state index in [2.05, 4.69) is 81.5 Å². The van der Waals surface area contributed by atoms with Crippen LogP contribution in [0.2, 0.25) is 0 Å². The largest absolute Gasteiger partial charge is 0.462 e. The minimum atomic E-state index is -0.785. The third kappa shape index (κ3) is 57.9. The van der Waals surface area contributed by atoms with Crippen LogP contribution in [-0.2, 0) is 28.6 Å². The number of esters is 3. The van der Waals surface area contributed by atoms with E-state index >= 15 is 0 Å². The van der Waals surface area contributed by atoms with Crippen molar-refractivity contribution in [2.24, 2.45) is 0 Å². The molecule has 6 nitrogen and oxygen atoms in total. The van der Waals surface area contributed by atoms with E-state index in [-0.39, 0.29) is 31.1 Å². The molecule has 0 heterocycles. The van der Waals surface area contributed by atoms with E-state index in [1.165, 1.54) is 180 Å². The van der Waals surface area contributed by atoms with E-state index in [1.54, 1.807) is 0 Å². The van der Waals surface area contributed by atoms with Gasteiger partial charge in [-0.3, -0.25) is 14.4 Å². The molecular formula is C65H116O6. The van der Waals surface area contributed by atoms with Crippen molar-refractivity contribution in [1.82, 2.24) is 0 Å². The highest BCUT2D eigenvalue weighted by molar-refractivity contribution is 5.71. The quantitative estimate of drug-likeness (QED) is 0.0261. The summed E-state index contributed by atoms with van der Waals surface area (Å²) in [5, 5.41) is 0. The average Bonchev–Trinajstić information content (AvgIpc) is 3.37. The fraction of sp³-hybridized carbons (Fsp3) is 0.800. The number of ether oxygens (including phenoxy) is 3. The third-order valence-corrected chi connectivity index (χ3v) is 13.5. The maximum Gasteiger partial charge on any atom is 0.306 e. The van der Waals surface area contributed by atoms with Crippen LogP contribution in [0.3, 0.4) is 0 Å². The van der Waals surface area contributed by atoms with E-state index in [9.17, 15) is 14.4 Å². The number of hydrogen-bond donors (Lipinski definition) is 0. The van der Waals surface area contributed by atoms with Crippen LogP contribution >= 0.6 is 0 Å². The lowest BCUT2D eigenvalue weighted by atomic mass is 10.0. The SMILES string of the molecule is CC/C=C\C/C=C\C/C=C\CCCCCCCC(=O)O[C@@H](COC(=O)CCCCCCCCC/C=C\CCCCCCCC)COC(=O)CCCCCCCCCCCCC/C=C\CCCCCCCC. The molecule has 0 rings (SSSR count). The zero-order valence-electron chi connectivity index (χ0n) is 47.2. The summed E-state index contributed by atoms with van der Waals surface area (Å²) in [6.07, 6.45) is 75.0. The summed E-state index contributed by atoms with van der Waals surface area (Å²) >= 11 is 0. The zero-order valence-corrected chi connectivity index (χ0v) is 47.2. The Morgan fingerprint density at radius 1 is 0.296 bits per heavy atom. The van der Waals surface area contributed by atoms with E-state index in [0.717, 1.165) is 96.3 Å². The molecule has 0 N–H and O–H groups in total. The summed E-state index contributed by atoms with van der Waals surface area (Å²) in [5.41, 5.74) is 0. The molecule has 412 valence electrons. The van der Waals surface area contributed by atoms with Gasteiger partial charge in [0.05, 0.1) is 0 Å². The summed E-state index contributed by atoms with van der Waals surface area (Å²) in [7, 11) is 0. The number of carbonyl (C=O) groups is 3. The van der Waals surface area contributed by atoms with Gasteiger partial charge in [-0.1, -0.05) is 255 Å². The molecule has 0 amide bonds. The first-order chi connectivity index (χ1) is 35.0. The van der Waals surface area contributed by atoms with Crippen LogP contribution in [0.25, 0.3) is 0 Å². The van der Waals surface area contributed by atoms with Crippen molar-refractivity contribution in [1.29, 1.82) is 0 Å². The van der Waals surface area contributed by atoms with Crippen molar-refractivity contribution in [2.45, 2.75) is 322 Å². The standard InChI is InChI=1S/C65H116O6/c1-4-7-10-13-16-19-22-25-28-30-31-32-33-35-38-40-43-46-49-52-55-58-64(67)70-61-62(71-65(68)59-56-53-50-47-44-41-36-27-24-21-18-15-12-9-6-3)60-69-63(66)57-54-51-48-45-42-39-37-34-29-26-23-20-17-14-11-8-5-2/h9,12,18,21,25-29,36,62H,4-8,10-11,13-17,19-20,22-24,30-35,37-61H2,1-3H3/b12-9-,21-18-,28-25-,29-26-,36-27-/t62-/m0/s1. The Hall–Kier alpha value is -2.89. The lowest BCUT2D eigenvalue weighted by molar-refractivity contribution is -0.167. The van der Waals surface area contributed by atoms with Crippen molar-refractivity contribution in [2.75, 3.05) is 13.2 Å². The second-order valence-electron chi connectivity index (χ2n) is 20.6. The molecular weight excluding hydrogens is 877 g/mol. The van der Waals surface area contributed by atoms with E-state index < -0.39 is 6.10 Å². The molecule has 0 saturated heterocycles. The predicted octanol–water partition coefficient (Wildman–Crippen LogP) is 20.8. The van der Waals surface area contributed by atoms with Gasteiger partial charge in [0.2, 0.25) is 0 Å². The molecule has 0 aliphatic heterocycles. The van der Waals surface area contributed by atoms with Crippen molar-refractivity contribution < 1.29 is 28.6 Å². The van der Waals surface area contributed by atoms with Gasteiger partial charge in [0.1, 0.15) is 13.2 Å². The predicted molar refractivity (Wildman–Crippen MR) is 307 cm³/mol.